The van der Waals surface area contributed by atoms with E-state index in [1.54, 1.807) is 13.2 Å². The number of aliphatic imine (C=N–C) groups is 1. The maximum atomic E-state index is 4.26. The van der Waals surface area contributed by atoms with Gasteiger partial charge in [0.2, 0.25) is 0 Å². The summed E-state index contributed by atoms with van der Waals surface area (Å²) < 4.78 is 4.00. The van der Waals surface area contributed by atoms with Crippen molar-refractivity contribution in [2.45, 2.75) is 13.0 Å². The quantitative estimate of drug-likeness (QED) is 0.321. The Hall–Kier alpha value is -2.29. The molecule has 0 radical (unpaired) electrons. The van der Waals surface area contributed by atoms with Gasteiger partial charge in [-0.2, -0.15) is 5.10 Å². The predicted octanol–water partition coefficient (Wildman–Crippen LogP) is 2.70. The monoisotopic (exact) mass is 464 g/mol. The van der Waals surface area contributed by atoms with E-state index in [9.17, 15) is 0 Å². The molecule has 0 atom stereocenters. The smallest absolute Gasteiger partial charge is 0.191 e. The van der Waals surface area contributed by atoms with Gasteiger partial charge in [-0.1, -0.05) is 12.1 Å². The summed E-state index contributed by atoms with van der Waals surface area (Å²) in [6, 6.07) is 14.4. The average Bonchev–Trinajstić information content (AvgIpc) is 3.35. The first-order valence-corrected chi connectivity index (χ1v) is 8.49. The zero-order chi connectivity index (χ0) is 17.3. The molecule has 3 aromatic rings. The minimum atomic E-state index is 0. The highest BCUT2D eigenvalue weighted by Gasteiger charge is 2.00. The van der Waals surface area contributed by atoms with E-state index in [-0.39, 0.29) is 24.0 Å². The molecule has 26 heavy (non-hydrogen) atoms. The fourth-order valence-electron chi connectivity index (χ4n) is 2.61. The van der Waals surface area contributed by atoms with Gasteiger partial charge < -0.3 is 15.2 Å². The van der Waals surface area contributed by atoms with E-state index in [0.717, 1.165) is 37.7 Å². The molecule has 138 valence electrons. The van der Waals surface area contributed by atoms with Crippen LogP contribution < -0.4 is 10.6 Å². The Morgan fingerprint density at radius 2 is 1.73 bits per heavy atom. The van der Waals surface area contributed by atoms with Crippen LogP contribution in [0.1, 0.15) is 5.56 Å². The zero-order valence-electron chi connectivity index (χ0n) is 14.9. The van der Waals surface area contributed by atoms with Crippen molar-refractivity contribution >= 4 is 29.9 Å². The molecule has 0 aliphatic heterocycles. The highest BCUT2D eigenvalue weighted by atomic mass is 127. The van der Waals surface area contributed by atoms with Crippen molar-refractivity contribution in [2.75, 3.05) is 20.1 Å². The SMILES string of the molecule is CN=C(NCCc1ccc(-n2cccn2)cc1)NCCn1cccc1.I. The van der Waals surface area contributed by atoms with E-state index >= 15 is 0 Å². The summed E-state index contributed by atoms with van der Waals surface area (Å²) in [5.41, 5.74) is 2.36. The lowest BCUT2D eigenvalue weighted by atomic mass is 10.1. The lowest BCUT2D eigenvalue weighted by Crippen LogP contribution is -2.39. The highest BCUT2D eigenvalue weighted by molar-refractivity contribution is 14.0. The number of guanidine groups is 1. The van der Waals surface area contributed by atoms with E-state index < -0.39 is 0 Å². The third-order valence-corrected chi connectivity index (χ3v) is 3.96. The van der Waals surface area contributed by atoms with Gasteiger partial charge in [0.05, 0.1) is 5.69 Å². The van der Waals surface area contributed by atoms with Crippen LogP contribution in [0, 0.1) is 0 Å². The minimum absolute atomic E-state index is 0. The predicted molar refractivity (Wildman–Crippen MR) is 116 cm³/mol. The van der Waals surface area contributed by atoms with Gasteiger partial charge in [-0.25, -0.2) is 4.68 Å². The summed E-state index contributed by atoms with van der Waals surface area (Å²) >= 11 is 0. The van der Waals surface area contributed by atoms with Crippen molar-refractivity contribution < 1.29 is 0 Å². The van der Waals surface area contributed by atoms with Crippen molar-refractivity contribution in [1.29, 1.82) is 0 Å². The molecule has 0 aliphatic carbocycles. The third kappa shape index (κ3) is 5.91. The Kier molecular flexibility index (Phi) is 8.20. The molecular weight excluding hydrogens is 439 g/mol. The Balaban J connectivity index is 0.00000243. The molecule has 2 aromatic heterocycles. The third-order valence-electron chi connectivity index (χ3n) is 3.96. The number of hydrogen-bond acceptors (Lipinski definition) is 2. The Bertz CT molecular complexity index is 763. The van der Waals surface area contributed by atoms with Gasteiger partial charge in [0.15, 0.2) is 5.96 Å². The number of rotatable bonds is 7. The van der Waals surface area contributed by atoms with Crippen molar-refractivity contribution in [3.63, 3.8) is 0 Å². The topological polar surface area (TPSA) is 59.2 Å². The molecule has 0 amide bonds. The molecule has 2 N–H and O–H groups in total. The normalized spacial score (nSPS) is 11.0. The Morgan fingerprint density at radius 3 is 2.38 bits per heavy atom. The van der Waals surface area contributed by atoms with E-state index in [2.05, 4.69) is 62.0 Å². The summed E-state index contributed by atoms with van der Waals surface area (Å²) in [5.74, 6) is 0.834. The molecule has 0 saturated carbocycles. The molecule has 0 fully saturated rings. The van der Waals surface area contributed by atoms with Crippen LogP contribution in [-0.4, -0.2) is 40.4 Å². The van der Waals surface area contributed by atoms with E-state index in [0.29, 0.717) is 0 Å². The van der Waals surface area contributed by atoms with E-state index in [4.69, 9.17) is 0 Å². The number of benzene rings is 1. The van der Waals surface area contributed by atoms with Crippen molar-refractivity contribution in [2.24, 2.45) is 4.99 Å². The molecule has 2 heterocycles. The second-order valence-electron chi connectivity index (χ2n) is 5.71. The average molecular weight is 464 g/mol. The van der Waals surface area contributed by atoms with Crippen LogP contribution in [0.25, 0.3) is 5.69 Å². The van der Waals surface area contributed by atoms with Crippen LogP contribution >= 0.6 is 24.0 Å². The number of nitrogens with one attached hydrogen (secondary N) is 2. The number of nitrogens with zero attached hydrogens (tertiary/aromatic N) is 4. The molecule has 3 rings (SSSR count). The Labute approximate surface area is 171 Å². The van der Waals surface area contributed by atoms with Gasteiger partial charge in [-0.05, 0) is 42.3 Å². The first-order valence-electron chi connectivity index (χ1n) is 8.49. The van der Waals surface area contributed by atoms with Gasteiger partial charge in [-0.3, -0.25) is 4.99 Å². The number of hydrogen-bond donors (Lipinski definition) is 2. The van der Waals surface area contributed by atoms with Crippen LogP contribution in [0.4, 0.5) is 0 Å². The summed E-state index contributed by atoms with van der Waals surface area (Å²) in [6.07, 6.45) is 8.79. The fraction of sp³-hybridized carbons (Fsp3) is 0.263. The lowest BCUT2D eigenvalue weighted by molar-refractivity contribution is 0.665. The maximum Gasteiger partial charge on any atom is 0.191 e. The molecule has 1 aromatic carbocycles. The first-order chi connectivity index (χ1) is 12.3. The second kappa shape index (κ2) is 10.6. The summed E-state index contributed by atoms with van der Waals surface area (Å²) in [7, 11) is 1.80. The molecule has 0 saturated heterocycles. The van der Waals surface area contributed by atoms with Crippen molar-refractivity contribution in [3.8, 4) is 5.69 Å². The molecular formula is C19H25IN6. The van der Waals surface area contributed by atoms with Gasteiger partial charge in [0, 0.05) is 51.5 Å². The zero-order valence-corrected chi connectivity index (χ0v) is 17.2. The van der Waals surface area contributed by atoms with Gasteiger partial charge in [0.1, 0.15) is 0 Å². The van der Waals surface area contributed by atoms with E-state index in [1.165, 1.54) is 5.56 Å². The standard InChI is InChI=1S/C19H24N6.HI/c1-20-19(22-12-16-24-13-2-3-14-24)21-11-9-17-5-7-18(8-6-17)25-15-4-10-23-25;/h2-8,10,13-15H,9,11-12,16H2,1H3,(H2,20,21,22);1H. The van der Waals surface area contributed by atoms with Crippen LogP contribution in [0.3, 0.4) is 0 Å². The summed E-state index contributed by atoms with van der Waals surface area (Å²) in [5, 5.41) is 10.9. The first kappa shape index (κ1) is 20.0. The molecule has 0 spiro atoms. The maximum absolute atomic E-state index is 4.26. The second-order valence-corrected chi connectivity index (χ2v) is 5.71. The van der Waals surface area contributed by atoms with Crippen LogP contribution in [0.5, 0.6) is 0 Å². The van der Waals surface area contributed by atoms with Gasteiger partial charge in [0.25, 0.3) is 0 Å². The van der Waals surface area contributed by atoms with Crippen LogP contribution in [0.2, 0.25) is 0 Å². The summed E-state index contributed by atoms with van der Waals surface area (Å²) in [6.45, 7) is 2.60. The van der Waals surface area contributed by atoms with Gasteiger partial charge in [-0.15, -0.1) is 24.0 Å². The van der Waals surface area contributed by atoms with Crippen LogP contribution in [0.15, 0.2) is 72.2 Å². The number of halogens is 1. The molecule has 0 bridgehead atoms. The lowest BCUT2D eigenvalue weighted by Gasteiger charge is -2.12. The van der Waals surface area contributed by atoms with Crippen molar-refractivity contribution in [3.05, 3.63) is 72.8 Å². The molecule has 6 nitrogen and oxygen atoms in total. The van der Waals surface area contributed by atoms with E-state index in [1.807, 2.05) is 29.1 Å². The largest absolute Gasteiger partial charge is 0.356 e. The summed E-state index contributed by atoms with van der Waals surface area (Å²) in [4.78, 5) is 4.26. The van der Waals surface area contributed by atoms with Crippen LogP contribution in [-0.2, 0) is 13.0 Å². The highest BCUT2D eigenvalue weighted by Crippen LogP contribution is 2.08. The molecule has 0 unspecified atom stereocenters. The fourth-order valence-corrected chi connectivity index (χ4v) is 2.61. The molecule has 0 aliphatic rings. The minimum Gasteiger partial charge on any atom is -0.356 e. The Morgan fingerprint density at radius 1 is 1.00 bits per heavy atom. The molecule has 7 heteroatoms. The van der Waals surface area contributed by atoms with Crippen molar-refractivity contribution in [1.82, 2.24) is 25.0 Å². The number of aromatic nitrogens is 3. The van der Waals surface area contributed by atoms with Gasteiger partial charge >= 0.3 is 0 Å².